The number of hydrogen-bond acceptors (Lipinski definition) is 4. The van der Waals surface area contributed by atoms with Crippen LogP contribution in [-0.2, 0) is 19.6 Å². The summed E-state index contributed by atoms with van der Waals surface area (Å²) in [4.78, 5) is 28.4. The molecule has 0 radical (unpaired) electrons. The molecule has 1 aliphatic rings. The molecule has 0 bridgehead atoms. The quantitative estimate of drug-likeness (QED) is 0.739. The molecule has 0 aliphatic carbocycles. The molecular formula is C22H35N3O4S. The first-order valence-electron chi connectivity index (χ1n) is 10.5. The Labute approximate surface area is 180 Å². The smallest absolute Gasteiger partial charge is 0.241 e. The highest BCUT2D eigenvalue weighted by Crippen LogP contribution is 2.29. The van der Waals surface area contributed by atoms with E-state index in [0.717, 1.165) is 27.8 Å². The van der Waals surface area contributed by atoms with Crippen molar-refractivity contribution in [3.8, 4) is 0 Å². The standard InChI is InChI=1S/C22H35N3O4S/c1-14(2)22(27)25-12-10-24(11-13-25)20(26)8-9-23-30(28,29)21-18(6)16(4)15(3)17(5)19(21)7/h14,23H,8-13H2,1-7H3. The van der Waals surface area contributed by atoms with Crippen molar-refractivity contribution < 1.29 is 18.0 Å². The van der Waals surface area contributed by atoms with Gasteiger partial charge in [0.25, 0.3) is 0 Å². The van der Waals surface area contributed by atoms with Gasteiger partial charge in [-0.1, -0.05) is 13.8 Å². The molecule has 0 saturated carbocycles. The molecule has 0 atom stereocenters. The van der Waals surface area contributed by atoms with Gasteiger partial charge >= 0.3 is 0 Å². The molecule has 8 heteroatoms. The number of nitrogens with one attached hydrogen (secondary N) is 1. The summed E-state index contributed by atoms with van der Waals surface area (Å²) < 4.78 is 28.5. The van der Waals surface area contributed by atoms with E-state index in [1.165, 1.54) is 0 Å². The molecule has 1 aromatic rings. The first-order valence-corrected chi connectivity index (χ1v) is 12.0. The molecule has 168 valence electrons. The van der Waals surface area contributed by atoms with Crippen molar-refractivity contribution in [1.29, 1.82) is 0 Å². The Morgan fingerprint density at radius 2 is 1.27 bits per heavy atom. The zero-order valence-corrected chi connectivity index (χ0v) is 20.1. The molecule has 0 unspecified atom stereocenters. The van der Waals surface area contributed by atoms with Gasteiger partial charge in [0.15, 0.2) is 0 Å². The van der Waals surface area contributed by atoms with E-state index in [2.05, 4.69) is 4.72 Å². The monoisotopic (exact) mass is 437 g/mol. The van der Waals surface area contributed by atoms with Crippen LogP contribution in [-0.4, -0.2) is 62.8 Å². The molecule has 7 nitrogen and oxygen atoms in total. The Bertz CT molecular complexity index is 901. The Morgan fingerprint density at radius 1 is 0.833 bits per heavy atom. The third kappa shape index (κ3) is 5.03. The summed E-state index contributed by atoms with van der Waals surface area (Å²) in [6, 6.07) is 0. The normalized spacial score (nSPS) is 15.1. The first-order chi connectivity index (χ1) is 13.9. The maximum Gasteiger partial charge on any atom is 0.241 e. The van der Waals surface area contributed by atoms with E-state index in [1.807, 2.05) is 48.5 Å². The zero-order valence-electron chi connectivity index (χ0n) is 19.3. The molecule has 0 spiro atoms. The molecule has 1 aliphatic heterocycles. The van der Waals surface area contributed by atoms with Gasteiger partial charge < -0.3 is 9.80 Å². The van der Waals surface area contributed by atoms with E-state index in [0.29, 0.717) is 31.1 Å². The zero-order chi connectivity index (χ0) is 22.8. The maximum absolute atomic E-state index is 12.9. The lowest BCUT2D eigenvalue weighted by Crippen LogP contribution is -2.51. The third-order valence-electron chi connectivity index (χ3n) is 6.27. The van der Waals surface area contributed by atoms with Crippen LogP contribution in [0.2, 0.25) is 0 Å². The van der Waals surface area contributed by atoms with E-state index < -0.39 is 10.0 Å². The van der Waals surface area contributed by atoms with Gasteiger partial charge in [-0.05, 0) is 62.4 Å². The largest absolute Gasteiger partial charge is 0.339 e. The number of hydrogen-bond donors (Lipinski definition) is 1. The second kappa shape index (κ2) is 9.47. The fraction of sp³-hybridized carbons (Fsp3) is 0.636. The van der Waals surface area contributed by atoms with Crippen molar-refractivity contribution >= 4 is 21.8 Å². The van der Waals surface area contributed by atoms with Gasteiger partial charge in [-0.2, -0.15) is 0 Å². The van der Waals surface area contributed by atoms with Crippen LogP contribution in [0, 0.1) is 40.5 Å². The Balaban J connectivity index is 1.97. The minimum absolute atomic E-state index is 0.0527. The summed E-state index contributed by atoms with van der Waals surface area (Å²) in [7, 11) is -3.71. The predicted octanol–water partition coefficient (Wildman–Crippen LogP) is 2.22. The van der Waals surface area contributed by atoms with E-state index in [9.17, 15) is 18.0 Å². The van der Waals surface area contributed by atoms with Gasteiger partial charge in [0.05, 0.1) is 4.90 Å². The number of amides is 2. The van der Waals surface area contributed by atoms with Gasteiger partial charge in [0.2, 0.25) is 21.8 Å². The average Bonchev–Trinajstić information content (AvgIpc) is 2.70. The van der Waals surface area contributed by atoms with Crippen molar-refractivity contribution in [3.05, 3.63) is 27.8 Å². The molecule has 30 heavy (non-hydrogen) atoms. The van der Waals surface area contributed by atoms with E-state index in [1.54, 1.807) is 9.80 Å². The molecule has 1 saturated heterocycles. The number of rotatable bonds is 6. The molecular weight excluding hydrogens is 402 g/mol. The van der Waals surface area contributed by atoms with Crippen LogP contribution < -0.4 is 4.72 Å². The number of piperazine rings is 1. The highest BCUT2D eigenvalue weighted by atomic mass is 32.2. The topological polar surface area (TPSA) is 86.8 Å². The molecule has 1 aromatic carbocycles. The lowest BCUT2D eigenvalue weighted by Gasteiger charge is -2.35. The van der Waals surface area contributed by atoms with Crippen LogP contribution in [0.4, 0.5) is 0 Å². The highest BCUT2D eigenvalue weighted by Gasteiger charge is 2.26. The van der Waals surface area contributed by atoms with Gasteiger partial charge in [0.1, 0.15) is 0 Å². The Kier molecular flexibility index (Phi) is 7.69. The van der Waals surface area contributed by atoms with E-state index in [4.69, 9.17) is 0 Å². The van der Waals surface area contributed by atoms with Gasteiger partial charge in [-0.3, -0.25) is 9.59 Å². The lowest BCUT2D eigenvalue weighted by atomic mass is 9.95. The van der Waals surface area contributed by atoms with E-state index in [-0.39, 0.29) is 30.7 Å². The second-order valence-electron chi connectivity index (χ2n) is 8.46. The molecule has 1 heterocycles. The third-order valence-corrected chi connectivity index (χ3v) is 8.00. The summed E-state index contributed by atoms with van der Waals surface area (Å²) in [5, 5.41) is 0. The summed E-state index contributed by atoms with van der Waals surface area (Å²) in [6.45, 7) is 15.3. The van der Waals surface area contributed by atoms with Crippen LogP contribution in [0.5, 0.6) is 0 Å². The fourth-order valence-electron chi connectivity index (χ4n) is 3.93. The van der Waals surface area contributed by atoms with E-state index >= 15 is 0 Å². The van der Waals surface area contributed by atoms with Crippen molar-refractivity contribution in [2.75, 3.05) is 32.7 Å². The summed E-state index contributed by atoms with van der Waals surface area (Å²) in [5.74, 6) is -0.0500. The molecule has 0 aromatic heterocycles. The van der Waals surface area contributed by atoms with Crippen molar-refractivity contribution in [3.63, 3.8) is 0 Å². The SMILES string of the molecule is Cc1c(C)c(C)c(S(=O)(=O)NCCC(=O)N2CCN(C(=O)C(C)C)CC2)c(C)c1C. The number of carbonyl (C=O) groups excluding carboxylic acids is 2. The van der Waals surface area contributed by atoms with Crippen LogP contribution in [0.15, 0.2) is 4.90 Å². The summed E-state index contributed by atoms with van der Waals surface area (Å²) in [6.07, 6.45) is 0.0965. The van der Waals surface area contributed by atoms with Crippen LogP contribution >= 0.6 is 0 Å². The van der Waals surface area contributed by atoms with Crippen molar-refractivity contribution in [1.82, 2.24) is 14.5 Å². The number of nitrogens with zero attached hydrogens (tertiary/aromatic N) is 2. The Hall–Kier alpha value is -1.93. The maximum atomic E-state index is 12.9. The Morgan fingerprint density at radius 3 is 1.73 bits per heavy atom. The minimum Gasteiger partial charge on any atom is -0.339 e. The minimum atomic E-state index is -3.71. The molecule has 1 N–H and O–H groups in total. The second-order valence-corrected chi connectivity index (χ2v) is 10.2. The summed E-state index contributed by atoms with van der Waals surface area (Å²) in [5.41, 5.74) is 4.56. The first kappa shape index (κ1) is 24.3. The number of benzene rings is 1. The highest BCUT2D eigenvalue weighted by molar-refractivity contribution is 7.89. The molecule has 2 amide bonds. The number of carbonyl (C=O) groups is 2. The fourth-order valence-corrected chi connectivity index (χ4v) is 5.56. The van der Waals surface area contributed by atoms with Gasteiger partial charge in [0, 0.05) is 45.1 Å². The van der Waals surface area contributed by atoms with Crippen LogP contribution in [0.25, 0.3) is 0 Å². The lowest BCUT2D eigenvalue weighted by molar-refractivity contribution is -0.141. The van der Waals surface area contributed by atoms with Crippen LogP contribution in [0.3, 0.4) is 0 Å². The molecule has 1 fully saturated rings. The van der Waals surface area contributed by atoms with Gasteiger partial charge in [-0.15, -0.1) is 0 Å². The average molecular weight is 438 g/mol. The number of sulfonamides is 1. The van der Waals surface area contributed by atoms with Crippen LogP contribution in [0.1, 0.15) is 48.1 Å². The summed E-state index contributed by atoms with van der Waals surface area (Å²) >= 11 is 0. The van der Waals surface area contributed by atoms with Crippen molar-refractivity contribution in [2.45, 2.75) is 59.8 Å². The van der Waals surface area contributed by atoms with Gasteiger partial charge in [-0.25, -0.2) is 13.1 Å². The predicted molar refractivity (Wildman–Crippen MR) is 118 cm³/mol. The molecule has 2 rings (SSSR count). The van der Waals surface area contributed by atoms with Crippen molar-refractivity contribution in [2.24, 2.45) is 5.92 Å².